The van der Waals surface area contributed by atoms with Crippen LogP contribution in [0.15, 0.2) is 42.7 Å². The number of nitriles is 1. The van der Waals surface area contributed by atoms with E-state index in [2.05, 4.69) is 31.4 Å². The Labute approximate surface area is 178 Å². The summed E-state index contributed by atoms with van der Waals surface area (Å²) in [5.74, 6) is 0.993. The molecule has 3 heterocycles. The number of hydrogen-bond acceptors (Lipinski definition) is 8. The van der Waals surface area contributed by atoms with Crippen molar-refractivity contribution in [2.75, 3.05) is 11.9 Å². The van der Waals surface area contributed by atoms with Gasteiger partial charge in [-0.15, -0.1) is 0 Å². The number of para-hydroxylation sites is 1. The smallest absolute Gasteiger partial charge is 0.343 e. The van der Waals surface area contributed by atoms with Gasteiger partial charge in [0.2, 0.25) is 0 Å². The average molecular weight is 413 g/mol. The lowest BCUT2D eigenvalue weighted by molar-refractivity contribution is 0.0526. The molecule has 154 valence electrons. The van der Waals surface area contributed by atoms with E-state index in [4.69, 9.17) is 4.74 Å². The largest absolute Gasteiger partial charge is 0.462 e. The molecule has 0 saturated heterocycles. The molecule has 0 saturated carbocycles. The Kier molecular flexibility index (Phi) is 5.28. The van der Waals surface area contributed by atoms with Gasteiger partial charge >= 0.3 is 5.97 Å². The zero-order valence-corrected chi connectivity index (χ0v) is 17.2. The van der Waals surface area contributed by atoms with Crippen molar-refractivity contribution < 1.29 is 9.53 Å². The third kappa shape index (κ3) is 3.79. The maximum absolute atomic E-state index is 12.4. The second-order valence-corrected chi connectivity index (χ2v) is 6.77. The van der Waals surface area contributed by atoms with E-state index in [-0.39, 0.29) is 23.6 Å². The van der Waals surface area contributed by atoms with Gasteiger partial charge in [-0.2, -0.15) is 15.0 Å². The minimum atomic E-state index is -0.561. The van der Waals surface area contributed by atoms with Crippen molar-refractivity contribution in [1.29, 1.82) is 5.26 Å². The summed E-state index contributed by atoms with van der Waals surface area (Å²) in [5, 5.41) is 18.1. The molecule has 4 aromatic rings. The number of ether oxygens (including phenoxy) is 1. The van der Waals surface area contributed by atoms with Crippen LogP contribution in [0, 0.1) is 25.2 Å². The van der Waals surface area contributed by atoms with Crippen LogP contribution >= 0.6 is 0 Å². The number of nitrogens with one attached hydrogen (secondary N) is 1. The molecule has 0 bridgehead atoms. The number of carbonyl (C=O) groups excluding carboxylic acids is 1. The second kappa shape index (κ2) is 8.20. The number of nitrogens with zero attached hydrogens (tertiary/aromatic N) is 6. The van der Waals surface area contributed by atoms with Gasteiger partial charge in [-0.25, -0.2) is 19.7 Å². The fraction of sp³-hybridized carbons (Fsp3) is 0.182. The van der Waals surface area contributed by atoms with Crippen LogP contribution in [0.4, 0.5) is 11.6 Å². The van der Waals surface area contributed by atoms with E-state index >= 15 is 0 Å². The third-order valence-corrected chi connectivity index (χ3v) is 4.66. The Morgan fingerprint density at radius 3 is 2.81 bits per heavy atom. The number of esters is 1. The molecule has 1 aromatic carbocycles. The second-order valence-electron chi connectivity index (χ2n) is 6.77. The molecule has 1 N–H and O–H groups in total. The van der Waals surface area contributed by atoms with Crippen molar-refractivity contribution in [2.24, 2.45) is 0 Å². The SMILES string of the molecule is CCOC(=O)c1cnc(C)nc1Nc1c(C#N)cnn1-c1cc(C)c2ccccc2n1. The Morgan fingerprint density at radius 2 is 2.03 bits per heavy atom. The van der Waals surface area contributed by atoms with Gasteiger partial charge in [-0.1, -0.05) is 18.2 Å². The topological polar surface area (TPSA) is 119 Å². The lowest BCUT2D eigenvalue weighted by Crippen LogP contribution is -2.13. The molecule has 4 rings (SSSR count). The van der Waals surface area contributed by atoms with Gasteiger partial charge in [-0.05, 0) is 38.5 Å². The van der Waals surface area contributed by atoms with Crippen LogP contribution in [0.3, 0.4) is 0 Å². The summed E-state index contributed by atoms with van der Waals surface area (Å²) in [5.41, 5.74) is 2.26. The normalized spacial score (nSPS) is 10.6. The summed E-state index contributed by atoms with van der Waals surface area (Å²) >= 11 is 0. The Hall–Kier alpha value is -4.32. The van der Waals surface area contributed by atoms with Crippen LogP contribution < -0.4 is 5.32 Å². The van der Waals surface area contributed by atoms with Crippen molar-refractivity contribution in [2.45, 2.75) is 20.8 Å². The van der Waals surface area contributed by atoms with Crippen LogP contribution in [0.25, 0.3) is 16.7 Å². The predicted octanol–water partition coefficient (Wildman–Crippen LogP) is 3.62. The Morgan fingerprint density at radius 1 is 1.23 bits per heavy atom. The highest BCUT2D eigenvalue weighted by atomic mass is 16.5. The molecule has 31 heavy (non-hydrogen) atoms. The van der Waals surface area contributed by atoms with Crippen LogP contribution in [-0.4, -0.2) is 37.3 Å². The number of aryl methyl sites for hydroxylation is 2. The van der Waals surface area contributed by atoms with Crippen LogP contribution in [0.5, 0.6) is 0 Å². The fourth-order valence-electron chi connectivity index (χ4n) is 3.20. The standard InChI is InChI=1S/C22H19N7O2/c1-4-31-22(30)17-12-24-14(3)26-20(17)28-21-15(10-23)11-25-29(21)19-9-13(2)16-7-5-6-8-18(16)27-19/h5-9,11-12H,4H2,1-3H3,(H,24,26,28). The quantitative estimate of drug-likeness (QED) is 0.493. The lowest BCUT2D eigenvalue weighted by Gasteiger charge is -2.13. The van der Waals surface area contributed by atoms with Gasteiger partial charge in [0.15, 0.2) is 11.6 Å². The molecule has 0 aliphatic rings. The van der Waals surface area contributed by atoms with Crippen LogP contribution in [0.2, 0.25) is 0 Å². The first kappa shape index (κ1) is 20.0. The van der Waals surface area contributed by atoms with E-state index in [1.165, 1.54) is 17.1 Å². The molecule has 0 radical (unpaired) electrons. The molecule has 3 aromatic heterocycles. The molecule has 9 nitrogen and oxygen atoms in total. The number of anilines is 2. The zero-order valence-electron chi connectivity index (χ0n) is 17.2. The zero-order chi connectivity index (χ0) is 22.0. The van der Waals surface area contributed by atoms with Gasteiger partial charge in [0.25, 0.3) is 0 Å². The first-order valence-electron chi connectivity index (χ1n) is 9.64. The molecule has 0 unspecified atom stereocenters. The number of carbonyl (C=O) groups is 1. The third-order valence-electron chi connectivity index (χ3n) is 4.66. The van der Waals surface area contributed by atoms with Crippen molar-refractivity contribution >= 4 is 28.5 Å². The van der Waals surface area contributed by atoms with Gasteiger partial charge in [0, 0.05) is 11.6 Å². The molecular weight excluding hydrogens is 394 g/mol. The average Bonchev–Trinajstić information content (AvgIpc) is 3.16. The number of benzene rings is 1. The Balaban J connectivity index is 1.84. The summed E-state index contributed by atoms with van der Waals surface area (Å²) in [6.07, 6.45) is 2.83. The molecule has 0 fully saturated rings. The molecule has 0 atom stereocenters. The first-order valence-corrected chi connectivity index (χ1v) is 9.64. The minimum absolute atomic E-state index is 0.159. The molecular formula is C22H19N7O2. The molecule has 0 spiro atoms. The highest BCUT2D eigenvalue weighted by molar-refractivity contribution is 5.95. The van der Waals surface area contributed by atoms with E-state index in [0.29, 0.717) is 17.5 Å². The molecule has 0 aliphatic heterocycles. The van der Waals surface area contributed by atoms with E-state index in [9.17, 15) is 10.1 Å². The minimum Gasteiger partial charge on any atom is -0.462 e. The number of aromatic nitrogens is 5. The van der Waals surface area contributed by atoms with Crippen molar-refractivity contribution in [3.8, 4) is 11.9 Å². The number of pyridine rings is 1. The lowest BCUT2D eigenvalue weighted by atomic mass is 10.1. The van der Waals surface area contributed by atoms with E-state index in [1.807, 2.05) is 37.3 Å². The first-order chi connectivity index (χ1) is 15.0. The Bertz CT molecular complexity index is 1340. The van der Waals surface area contributed by atoms with E-state index in [1.54, 1.807) is 13.8 Å². The number of rotatable bonds is 5. The van der Waals surface area contributed by atoms with Crippen molar-refractivity contribution in [1.82, 2.24) is 24.7 Å². The number of fused-ring (bicyclic) bond motifs is 1. The monoisotopic (exact) mass is 413 g/mol. The summed E-state index contributed by atoms with van der Waals surface area (Å²) in [6.45, 7) is 5.63. The van der Waals surface area contributed by atoms with Crippen molar-refractivity contribution in [3.63, 3.8) is 0 Å². The highest BCUT2D eigenvalue weighted by Gasteiger charge is 2.20. The molecule has 0 amide bonds. The number of hydrogen-bond donors (Lipinski definition) is 1. The van der Waals surface area contributed by atoms with Gasteiger partial charge in [0.1, 0.15) is 28.8 Å². The fourth-order valence-corrected chi connectivity index (χ4v) is 3.20. The highest BCUT2D eigenvalue weighted by Crippen LogP contribution is 2.27. The predicted molar refractivity (Wildman–Crippen MR) is 114 cm³/mol. The van der Waals surface area contributed by atoms with Crippen LogP contribution in [0.1, 0.15) is 34.2 Å². The van der Waals surface area contributed by atoms with Crippen LogP contribution in [-0.2, 0) is 4.74 Å². The van der Waals surface area contributed by atoms with Gasteiger partial charge < -0.3 is 10.1 Å². The van der Waals surface area contributed by atoms with E-state index < -0.39 is 5.97 Å². The summed E-state index contributed by atoms with van der Waals surface area (Å²) in [4.78, 5) is 25.5. The molecule has 0 aliphatic carbocycles. The van der Waals surface area contributed by atoms with E-state index in [0.717, 1.165) is 16.5 Å². The summed E-state index contributed by atoms with van der Waals surface area (Å²) in [7, 11) is 0. The maximum atomic E-state index is 12.4. The van der Waals surface area contributed by atoms with Gasteiger partial charge in [-0.3, -0.25) is 0 Å². The summed E-state index contributed by atoms with van der Waals surface area (Å²) in [6, 6.07) is 11.8. The summed E-state index contributed by atoms with van der Waals surface area (Å²) < 4.78 is 6.62. The molecule has 9 heteroatoms. The maximum Gasteiger partial charge on any atom is 0.343 e. The van der Waals surface area contributed by atoms with Gasteiger partial charge in [0.05, 0.1) is 18.3 Å². The van der Waals surface area contributed by atoms with Crippen molar-refractivity contribution in [3.05, 3.63) is 65.2 Å².